The summed E-state index contributed by atoms with van der Waals surface area (Å²) in [6, 6.07) is 15.4. The number of nitrogens with zero attached hydrogens (tertiary/aromatic N) is 5. The van der Waals surface area contributed by atoms with Crippen molar-refractivity contribution in [3.8, 4) is 5.69 Å². The number of hydrogen-bond acceptors (Lipinski definition) is 5. The maximum absolute atomic E-state index is 13.5. The molecule has 176 valence electrons. The first-order valence-corrected chi connectivity index (χ1v) is 12.6. The first kappa shape index (κ1) is 22.6. The minimum Gasteiger partial charge on any atom is -0.293 e. The molecule has 0 radical (unpaired) electrons. The van der Waals surface area contributed by atoms with E-state index >= 15 is 0 Å². The van der Waals surface area contributed by atoms with Crippen molar-refractivity contribution in [2.75, 3.05) is 26.2 Å². The summed E-state index contributed by atoms with van der Waals surface area (Å²) in [5.41, 5.74) is 4.06. The number of aryl methyl sites for hydroxylation is 2. The molecular formula is C25H26FN5O2S. The van der Waals surface area contributed by atoms with Crippen molar-refractivity contribution in [1.82, 2.24) is 23.7 Å². The van der Waals surface area contributed by atoms with E-state index in [0.29, 0.717) is 43.3 Å². The molecule has 34 heavy (non-hydrogen) atoms. The number of sulfonamides is 1. The van der Waals surface area contributed by atoms with Crippen LogP contribution < -0.4 is 0 Å². The van der Waals surface area contributed by atoms with Gasteiger partial charge in [0.05, 0.1) is 11.4 Å². The second-order valence-electron chi connectivity index (χ2n) is 8.64. The SMILES string of the molecule is Cc1ccc(S(=O)(=O)N2CCN(Cc3nc4cccnc4n3-c3ccc(F)cc3)CC2)c(C)c1. The number of imidazole rings is 1. The zero-order valence-electron chi connectivity index (χ0n) is 19.1. The van der Waals surface area contributed by atoms with Crippen LogP contribution in [0.3, 0.4) is 0 Å². The van der Waals surface area contributed by atoms with Crippen molar-refractivity contribution >= 4 is 21.2 Å². The Labute approximate surface area is 198 Å². The van der Waals surface area contributed by atoms with E-state index in [1.165, 1.54) is 12.1 Å². The van der Waals surface area contributed by atoms with Crippen LogP contribution in [0.1, 0.15) is 17.0 Å². The normalized spacial score (nSPS) is 15.7. The van der Waals surface area contributed by atoms with Crippen molar-refractivity contribution in [2.24, 2.45) is 0 Å². The molecule has 1 aliphatic heterocycles. The highest BCUT2D eigenvalue weighted by molar-refractivity contribution is 7.89. The van der Waals surface area contributed by atoms with Crippen LogP contribution in [-0.2, 0) is 16.6 Å². The summed E-state index contributed by atoms with van der Waals surface area (Å²) in [6.07, 6.45) is 1.71. The molecule has 0 spiro atoms. The minimum atomic E-state index is -3.54. The third kappa shape index (κ3) is 4.22. The number of piperazine rings is 1. The number of benzene rings is 2. The smallest absolute Gasteiger partial charge is 0.243 e. The van der Waals surface area contributed by atoms with E-state index in [9.17, 15) is 12.8 Å². The fourth-order valence-electron chi connectivity index (χ4n) is 4.48. The monoisotopic (exact) mass is 479 g/mol. The van der Waals surface area contributed by atoms with E-state index in [-0.39, 0.29) is 5.82 Å². The molecule has 1 aliphatic rings. The van der Waals surface area contributed by atoms with Gasteiger partial charge < -0.3 is 0 Å². The van der Waals surface area contributed by atoms with Gasteiger partial charge in [-0.25, -0.2) is 22.8 Å². The van der Waals surface area contributed by atoms with Crippen LogP contribution in [0.15, 0.2) is 65.7 Å². The van der Waals surface area contributed by atoms with Crippen LogP contribution in [0.25, 0.3) is 16.9 Å². The lowest BCUT2D eigenvalue weighted by molar-refractivity contribution is 0.177. The molecule has 0 saturated carbocycles. The van der Waals surface area contributed by atoms with Gasteiger partial charge in [-0.2, -0.15) is 4.31 Å². The number of aromatic nitrogens is 3. The van der Waals surface area contributed by atoms with Gasteiger partial charge in [0.25, 0.3) is 0 Å². The Morgan fingerprint density at radius 1 is 0.971 bits per heavy atom. The molecule has 0 unspecified atom stereocenters. The highest BCUT2D eigenvalue weighted by atomic mass is 32.2. The van der Waals surface area contributed by atoms with E-state index in [1.807, 2.05) is 42.7 Å². The summed E-state index contributed by atoms with van der Waals surface area (Å²) >= 11 is 0. The summed E-state index contributed by atoms with van der Waals surface area (Å²) < 4.78 is 43.5. The molecule has 2 aromatic heterocycles. The number of halogens is 1. The van der Waals surface area contributed by atoms with Crippen LogP contribution in [0, 0.1) is 19.7 Å². The van der Waals surface area contributed by atoms with Crippen molar-refractivity contribution in [3.63, 3.8) is 0 Å². The molecule has 0 atom stereocenters. The maximum Gasteiger partial charge on any atom is 0.243 e. The Bertz CT molecular complexity index is 1440. The van der Waals surface area contributed by atoms with Gasteiger partial charge in [0, 0.05) is 38.1 Å². The molecule has 5 rings (SSSR count). The Hall–Kier alpha value is -3.14. The maximum atomic E-state index is 13.5. The first-order valence-electron chi connectivity index (χ1n) is 11.2. The van der Waals surface area contributed by atoms with Gasteiger partial charge in [-0.1, -0.05) is 17.7 Å². The van der Waals surface area contributed by atoms with E-state index in [0.717, 1.165) is 28.2 Å². The largest absolute Gasteiger partial charge is 0.293 e. The van der Waals surface area contributed by atoms with Crippen LogP contribution >= 0.6 is 0 Å². The number of fused-ring (bicyclic) bond motifs is 1. The lowest BCUT2D eigenvalue weighted by Gasteiger charge is -2.34. The summed E-state index contributed by atoms with van der Waals surface area (Å²) in [6.45, 7) is 6.32. The van der Waals surface area contributed by atoms with E-state index in [1.54, 1.807) is 28.7 Å². The van der Waals surface area contributed by atoms with Crippen molar-refractivity contribution < 1.29 is 12.8 Å². The number of pyridine rings is 1. The lowest BCUT2D eigenvalue weighted by Crippen LogP contribution is -2.48. The molecule has 0 aliphatic carbocycles. The van der Waals surface area contributed by atoms with E-state index in [2.05, 4.69) is 9.88 Å². The van der Waals surface area contributed by atoms with Gasteiger partial charge in [-0.15, -0.1) is 0 Å². The molecular weight excluding hydrogens is 453 g/mol. The average Bonchev–Trinajstić information content (AvgIpc) is 3.17. The van der Waals surface area contributed by atoms with Gasteiger partial charge in [-0.3, -0.25) is 9.47 Å². The van der Waals surface area contributed by atoms with Crippen molar-refractivity contribution in [1.29, 1.82) is 0 Å². The summed E-state index contributed by atoms with van der Waals surface area (Å²) in [4.78, 5) is 11.8. The number of rotatable bonds is 5. The molecule has 0 N–H and O–H groups in total. The van der Waals surface area contributed by atoms with Crippen LogP contribution in [0.4, 0.5) is 4.39 Å². The van der Waals surface area contributed by atoms with Crippen LogP contribution in [0.5, 0.6) is 0 Å². The van der Waals surface area contributed by atoms with Crippen molar-refractivity contribution in [2.45, 2.75) is 25.3 Å². The quantitative estimate of drug-likeness (QED) is 0.437. The van der Waals surface area contributed by atoms with Crippen LogP contribution in [0.2, 0.25) is 0 Å². The molecule has 1 saturated heterocycles. The molecule has 9 heteroatoms. The Kier molecular flexibility index (Phi) is 5.93. The fraction of sp³-hybridized carbons (Fsp3) is 0.280. The zero-order valence-corrected chi connectivity index (χ0v) is 20.0. The van der Waals surface area contributed by atoms with Gasteiger partial charge >= 0.3 is 0 Å². The van der Waals surface area contributed by atoms with Gasteiger partial charge in [0.2, 0.25) is 10.0 Å². The van der Waals surface area contributed by atoms with E-state index < -0.39 is 10.0 Å². The molecule has 7 nitrogen and oxygen atoms in total. The van der Waals surface area contributed by atoms with Gasteiger partial charge in [-0.05, 0) is 61.9 Å². The Morgan fingerprint density at radius 3 is 2.41 bits per heavy atom. The lowest BCUT2D eigenvalue weighted by atomic mass is 10.2. The molecule has 1 fully saturated rings. The molecule has 2 aromatic carbocycles. The molecule has 0 amide bonds. The van der Waals surface area contributed by atoms with Crippen LogP contribution in [-0.4, -0.2) is 58.3 Å². The zero-order chi connectivity index (χ0) is 23.9. The Balaban J connectivity index is 1.37. The Morgan fingerprint density at radius 2 is 1.71 bits per heavy atom. The molecule has 4 aromatic rings. The minimum absolute atomic E-state index is 0.302. The third-order valence-corrected chi connectivity index (χ3v) is 8.27. The topological polar surface area (TPSA) is 71.3 Å². The molecule has 0 bridgehead atoms. The second-order valence-corrected chi connectivity index (χ2v) is 10.5. The average molecular weight is 480 g/mol. The highest BCUT2D eigenvalue weighted by Crippen LogP contribution is 2.24. The predicted octanol–water partition coefficient (Wildman–Crippen LogP) is 3.68. The summed E-state index contributed by atoms with van der Waals surface area (Å²) in [5, 5.41) is 0. The second kappa shape index (κ2) is 8.90. The van der Waals surface area contributed by atoms with E-state index in [4.69, 9.17) is 4.98 Å². The van der Waals surface area contributed by atoms with Gasteiger partial charge in [0.15, 0.2) is 5.65 Å². The summed E-state index contributed by atoms with van der Waals surface area (Å²) in [5.74, 6) is 0.481. The predicted molar refractivity (Wildman–Crippen MR) is 129 cm³/mol. The first-order chi connectivity index (χ1) is 16.3. The fourth-order valence-corrected chi connectivity index (χ4v) is 6.11. The molecule has 3 heterocycles. The standard InChI is InChI=1S/C25H26FN5O2S/c1-18-5-10-23(19(2)16-18)34(32,33)30-14-12-29(13-15-30)17-24-28-22-4-3-11-27-25(22)31(24)21-8-6-20(26)7-9-21/h3-11,16H,12-15,17H2,1-2H3. The summed E-state index contributed by atoms with van der Waals surface area (Å²) in [7, 11) is -3.54. The highest BCUT2D eigenvalue weighted by Gasteiger charge is 2.30. The van der Waals surface area contributed by atoms with Crippen molar-refractivity contribution in [3.05, 3.63) is 83.6 Å². The third-order valence-electron chi connectivity index (χ3n) is 6.21. The number of hydrogen-bond donors (Lipinski definition) is 0. The van der Waals surface area contributed by atoms with Gasteiger partial charge in [0.1, 0.15) is 17.2 Å².